The van der Waals surface area contributed by atoms with Gasteiger partial charge in [-0.05, 0) is 30.2 Å². The van der Waals surface area contributed by atoms with E-state index in [2.05, 4.69) is 74.9 Å². The normalized spacial score (nSPS) is 12.7. The van der Waals surface area contributed by atoms with Gasteiger partial charge >= 0.3 is 0 Å². The van der Waals surface area contributed by atoms with Crippen LogP contribution in [0.2, 0.25) is 0 Å². The van der Waals surface area contributed by atoms with Crippen molar-refractivity contribution in [2.75, 3.05) is 0 Å². The summed E-state index contributed by atoms with van der Waals surface area (Å²) in [5, 5.41) is 0. The summed E-state index contributed by atoms with van der Waals surface area (Å²) in [5.41, 5.74) is 3.64. The van der Waals surface area contributed by atoms with E-state index in [1.165, 1.54) is 15.6 Å². The fraction of sp³-hybridized carbons (Fsp3) is 0.235. The Morgan fingerprint density at radius 1 is 1.10 bits per heavy atom. The molecule has 0 aliphatic heterocycles. The van der Waals surface area contributed by atoms with Crippen LogP contribution in [-0.2, 0) is 6.54 Å². The molecule has 0 saturated carbocycles. The lowest BCUT2D eigenvalue weighted by Gasteiger charge is -2.18. The SMILES string of the molecule is CCC(Cn1cnc2ccccc21)c1ccccc1Br. The fourth-order valence-corrected chi connectivity index (χ4v) is 3.26. The molecule has 0 fully saturated rings. The molecule has 3 aromatic rings. The van der Waals surface area contributed by atoms with Crippen molar-refractivity contribution in [2.45, 2.75) is 25.8 Å². The maximum absolute atomic E-state index is 4.47. The highest BCUT2D eigenvalue weighted by molar-refractivity contribution is 9.10. The van der Waals surface area contributed by atoms with Crippen LogP contribution in [-0.4, -0.2) is 9.55 Å². The van der Waals surface area contributed by atoms with Crippen molar-refractivity contribution in [1.82, 2.24) is 9.55 Å². The molecule has 2 nitrogen and oxygen atoms in total. The molecule has 0 amide bonds. The first-order valence-corrected chi connectivity index (χ1v) is 7.73. The highest BCUT2D eigenvalue weighted by Gasteiger charge is 2.14. The van der Waals surface area contributed by atoms with E-state index in [1.54, 1.807) is 0 Å². The van der Waals surface area contributed by atoms with Crippen LogP contribution in [0.15, 0.2) is 59.3 Å². The Kier molecular flexibility index (Phi) is 3.88. The fourth-order valence-electron chi connectivity index (χ4n) is 2.65. The monoisotopic (exact) mass is 328 g/mol. The number of aromatic nitrogens is 2. The zero-order valence-electron chi connectivity index (χ0n) is 11.5. The number of hydrogen-bond acceptors (Lipinski definition) is 1. The maximum Gasteiger partial charge on any atom is 0.0958 e. The Morgan fingerprint density at radius 3 is 2.65 bits per heavy atom. The second-order valence-electron chi connectivity index (χ2n) is 5.01. The predicted molar refractivity (Wildman–Crippen MR) is 86.9 cm³/mol. The molecule has 0 saturated heterocycles. The van der Waals surface area contributed by atoms with Gasteiger partial charge in [0, 0.05) is 16.9 Å². The number of rotatable bonds is 4. The van der Waals surface area contributed by atoms with Gasteiger partial charge in [0.15, 0.2) is 0 Å². The van der Waals surface area contributed by atoms with Gasteiger partial charge in [-0.15, -0.1) is 0 Å². The molecular formula is C17H17BrN2. The van der Waals surface area contributed by atoms with Crippen LogP contribution >= 0.6 is 15.9 Å². The molecule has 0 spiro atoms. The van der Waals surface area contributed by atoms with Crippen molar-refractivity contribution in [3.05, 3.63) is 64.9 Å². The topological polar surface area (TPSA) is 17.8 Å². The lowest BCUT2D eigenvalue weighted by atomic mass is 9.96. The van der Waals surface area contributed by atoms with Crippen molar-refractivity contribution >= 4 is 27.0 Å². The van der Waals surface area contributed by atoms with Crippen LogP contribution < -0.4 is 0 Å². The van der Waals surface area contributed by atoms with E-state index in [0.717, 1.165) is 18.5 Å². The summed E-state index contributed by atoms with van der Waals surface area (Å²) in [4.78, 5) is 4.47. The van der Waals surface area contributed by atoms with E-state index in [1.807, 2.05) is 12.4 Å². The maximum atomic E-state index is 4.47. The average Bonchev–Trinajstić information content (AvgIpc) is 2.89. The van der Waals surface area contributed by atoms with Gasteiger partial charge in [-0.3, -0.25) is 0 Å². The predicted octanol–water partition coefficient (Wildman–Crippen LogP) is 4.99. The number of halogens is 1. The zero-order chi connectivity index (χ0) is 13.9. The number of fused-ring (bicyclic) bond motifs is 1. The van der Waals surface area contributed by atoms with Gasteiger partial charge in [-0.25, -0.2) is 4.98 Å². The lowest BCUT2D eigenvalue weighted by molar-refractivity contribution is 0.553. The van der Waals surface area contributed by atoms with Crippen LogP contribution in [0.4, 0.5) is 0 Å². The third kappa shape index (κ3) is 2.50. The molecule has 3 heteroatoms. The van der Waals surface area contributed by atoms with Gasteiger partial charge in [0.1, 0.15) is 0 Å². The summed E-state index contributed by atoms with van der Waals surface area (Å²) in [6, 6.07) is 16.8. The van der Waals surface area contributed by atoms with Gasteiger partial charge in [-0.1, -0.05) is 53.2 Å². The van der Waals surface area contributed by atoms with Crippen molar-refractivity contribution in [3.63, 3.8) is 0 Å². The number of para-hydroxylation sites is 2. The molecule has 0 aliphatic rings. The van der Waals surface area contributed by atoms with Crippen molar-refractivity contribution in [3.8, 4) is 0 Å². The highest BCUT2D eigenvalue weighted by atomic mass is 79.9. The molecule has 0 aliphatic carbocycles. The van der Waals surface area contributed by atoms with Gasteiger partial charge < -0.3 is 4.57 Å². The number of imidazole rings is 1. The average molecular weight is 329 g/mol. The Bertz CT molecular complexity index is 718. The van der Waals surface area contributed by atoms with Gasteiger partial charge in [-0.2, -0.15) is 0 Å². The van der Waals surface area contributed by atoms with Crippen LogP contribution in [0.3, 0.4) is 0 Å². The van der Waals surface area contributed by atoms with E-state index in [4.69, 9.17) is 0 Å². The first-order valence-electron chi connectivity index (χ1n) is 6.94. The Morgan fingerprint density at radius 2 is 1.85 bits per heavy atom. The Balaban J connectivity index is 1.94. The standard InChI is InChI=1S/C17H17BrN2/c1-2-13(14-7-3-4-8-15(14)18)11-20-12-19-16-9-5-6-10-17(16)20/h3-10,12-13H,2,11H2,1H3. The first kappa shape index (κ1) is 13.4. The summed E-state index contributed by atoms with van der Waals surface area (Å²) >= 11 is 3.67. The molecule has 0 bridgehead atoms. The molecule has 1 aromatic heterocycles. The first-order chi connectivity index (χ1) is 9.79. The van der Waals surface area contributed by atoms with Gasteiger partial charge in [0.2, 0.25) is 0 Å². The minimum Gasteiger partial charge on any atom is -0.330 e. The molecule has 3 rings (SSSR count). The summed E-state index contributed by atoms with van der Waals surface area (Å²) in [6.07, 6.45) is 3.05. The van der Waals surface area contributed by atoms with Crippen molar-refractivity contribution in [2.24, 2.45) is 0 Å². The van der Waals surface area contributed by atoms with Crippen LogP contribution in [0, 0.1) is 0 Å². The molecule has 20 heavy (non-hydrogen) atoms. The van der Waals surface area contributed by atoms with E-state index >= 15 is 0 Å². The summed E-state index contributed by atoms with van der Waals surface area (Å²) in [6.45, 7) is 3.20. The zero-order valence-corrected chi connectivity index (χ0v) is 13.0. The second-order valence-corrected chi connectivity index (χ2v) is 5.87. The van der Waals surface area contributed by atoms with Crippen LogP contribution in [0.25, 0.3) is 11.0 Å². The smallest absolute Gasteiger partial charge is 0.0958 e. The van der Waals surface area contributed by atoms with Crippen LogP contribution in [0.5, 0.6) is 0 Å². The molecule has 0 N–H and O–H groups in total. The Hall–Kier alpha value is -1.61. The van der Waals surface area contributed by atoms with Gasteiger partial charge in [0.05, 0.1) is 17.4 Å². The van der Waals surface area contributed by atoms with Gasteiger partial charge in [0.25, 0.3) is 0 Å². The van der Waals surface area contributed by atoms with Crippen molar-refractivity contribution < 1.29 is 0 Å². The molecule has 1 heterocycles. The largest absolute Gasteiger partial charge is 0.330 e. The third-order valence-corrected chi connectivity index (χ3v) is 4.50. The highest BCUT2D eigenvalue weighted by Crippen LogP contribution is 2.29. The summed E-state index contributed by atoms with van der Waals surface area (Å²) in [7, 11) is 0. The van der Waals surface area contributed by atoms with E-state index in [0.29, 0.717) is 5.92 Å². The second kappa shape index (κ2) is 5.80. The molecule has 0 radical (unpaired) electrons. The van der Waals surface area contributed by atoms with Crippen LogP contribution in [0.1, 0.15) is 24.8 Å². The molecule has 102 valence electrons. The number of nitrogens with zero attached hydrogens (tertiary/aromatic N) is 2. The molecule has 1 unspecified atom stereocenters. The molecule has 2 aromatic carbocycles. The molecule has 1 atom stereocenters. The minimum absolute atomic E-state index is 0.489. The van der Waals surface area contributed by atoms with Crippen molar-refractivity contribution in [1.29, 1.82) is 0 Å². The Labute approximate surface area is 127 Å². The van der Waals surface area contributed by atoms with E-state index < -0.39 is 0 Å². The van der Waals surface area contributed by atoms with E-state index in [-0.39, 0.29) is 0 Å². The quantitative estimate of drug-likeness (QED) is 0.659. The summed E-state index contributed by atoms with van der Waals surface area (Å²) < 4.78 is 3.44. The lowest BCUT2D eigenvalue weighted by Crippen LogP contribution is -2.08. The minimum atomic E-state index is 0.489. The molecular weight excluding hydrogens is 312 g/mol. The number of hydrogen-bond donors (Lipinski definition) is 0. The van der Waals surface area contributed by atoms with E-state index in [9.17, 15) is 0 Å². The third-order valence-electron chi connectivity index (χ3n) is 3.78. The number of benzene rings is 2. The summed E-state index contributed by atoms with van der Waals surface area (Å²) in [5.74, 6) is 0.489.